The first kappa shape index (κ1) is 13.4. The number of benzene rings is 1. The van der Waals surface area contributed by atoms with Gasteiger partial charge in [-0.15, -0.1) is 0 Å². The molecule has 0 bridgehead atoms. The Balaban J connectivity index is 2.25. The molecule has 1 N–H and O–H groups in total. The Hall–Kier alpha value is -2.07. The number of halogens is 1. The molecule has 98 valence electrons. The molecule has 4 nitrogen and oxygen atoms in total. The lowest BCUT2D eigenvalue weighted by Crippen LogP contribution is -2.19. The van der Waals surface area contributed by atoms with Gasteiger partial charge in [0.05, 0.1) is 5.56 Å². The third-order valence-electron chi connectivity index (χ3n) is 2.78. The van der Waals surface area contributed by atoms with Crippen LogP contribution in [0.5, 0.6) is 0 Å². The third-order valence-corrected chi connectivity index (χ3v) is 3.02. The fraction of sp³-hybridized carbons (Fsp3) is 0.143. The van der Waals surface area contributed by atoms with Crippen LogP contribution in [0, 0.1) is 6.92 Å². The molecule has 0 saturated carbocycles. The Labute approximate surface area is 115 Å². The third kappa shape index (κ3) is 3.03. The number of hydrogen-bond donors (Lipinski definition) is 1. The highest BCUT2D eigenvalue weighted by Gasteiger charge is 2.08. The zero-order valence-corrected chi connectivity index (χ0v) is 11.4. The standard InChI is InChI=1S/C14H13ClN2O2/c1-9-7-11(15)4-5-12(9)16-14(19)10-3-6-13(18)17(2)8-10/h3-8H,1-2H3,(H,16,19). The van der Waals surface area contributed by atoms with Crippen molar-refractivity contribution in [2.45, 2.75) is 6.92 Å². The van der Waals surface area contributed by atoms with Gasteiger partial charge in [-0.1, -0.05) is 11.6 Å². The average Bonchev–Trinajstić information content (AvgIpc) is 2.36. The first-order valence-corrected chi connectivity index (χ1v) is 6.09. The van der Waals surface area contributed by atoms with Gasteiger partial charge in [-0.3, -0.25) is 9.59 Å². The molecule has 2 aromatic rings. The van der Waals surface area contributed by atoms with Gasteiger partial charge < -0.3 is 9.88 Å². The summed E-state index contributed by atoms with van der Waals surface area (Å²) in [5, 5.41) is 3.41. The molecule has 0 saturated heterocycles. The van der Waals surface area contributed by atoms with Crippen molar-refractivity contribution < 1.29 is 4.79 Å². The zero-order chi connectivity index (χ0) is 14.0. The number of nitrogens with one attached hydrogen (secondary N) is 1. The second kappa shape index (κ2) is 5.28. The maximum Gasteiger partial charge on any atom is 0.257 e. The Kier molecular flexibility index (Phi) is 3.71. The summed E-state index contributed by atoms with van der Waals surface area (Å²) in [6.07, 6.45) is 1.50. The van der Waals surface area contributed by atoms with Gasteiger partial charge in [0.25, 0.3) is 5.91 Å². The number of nitrogens with zero attached hydrogens (tertiary/aromatic N) is 1. The van der Waals surface area contributed by atoms with E-state index in [9.17, 15) is 9.59 Å². The van der Waals surface area contributed by atoms with Crippen LogP contribution in [0.4, 0.5) is 5.69 Å². The second-order valence-electron chi connectivity index (χ2n) is 4.28. The molecule has 0 fully saturated rings. The van der Waals surface area contributed by atoms with E-state index in [1.54, 1.807) is 25.2 Å². The SMILES string of the molecule is Cc1cc(Cl)ccc1NC(=O)c1ccc(=O)n(C)c1. The highest BCUT2D eigenvalue weighted by Crippen LogP contribution is 2.20. The number of anilines is 1. The van der Waals surface area contributed by atoms with Crippen molar-refractivity contribution in [3.05, 3.63) is 63.0 Å². The molecule has 1 aromatic heterocycles. The van der Waals surface area contributed by atoms with Gasteiger partial charge in [-0.2, -0.15) is 0 Å². The Morgan fingerprint density at radius 3 is 2.63 bits per heavy atom. The molecule has 0 aliphatic rings. The molecule has 0 radical (unpaired) electrons. The van der Waals surface area contributed by atoms with E-state index in [2.05, 4.69) is 5.32 Å². The van der Waals surface area contributed by atoms with Crippen LogP contribution in [0.25, 0.3) is 0 Å². The Morgan fingerprint density at radius 2 is 2.00 bits per heavy atom. The van der Waals surface area contributed by atoms with Crippen molar-refractivity contribution in [1.29, 1.82) is 0 Å². The lowest BCUT2D eigenvalue weighted by Gasteiger charge is -2.09. The first-order chi connectivity index (χ1) is 8.97. The molecule has 0 atom stereocenters. The average molecular weight is 277 g/mol. The maximum absolute atomic E-state index is 12.1. The highest BCUT2D eigenvalue weighted by molar-refractivity contribution is 6.30. The van der Waals surface area contributed by atoms with E-state index in [0.29, 0.717) is 16.3 Å². The molecule has 0 aliphatic carbocycles. The topological polar surface area (TPSA) is 51.1 Å². The lowest BCUT2D eigenvalue weighted by molar-refractivity contribution is 0.102. The number of pyridine rings is 1. The molecule has 0 unspecified atom stereocenters. The van der Waals surface area contributed by atoms with Gasteiger partial charge in [0.2, 0.25) is 5.56 Å². The minimum Gasteiger partial charge on any atom is -0.322 e. The quantitative estimate of drug-likeness (QED) is 0.917. The number of carbonyl (C=O) groups excluding carboxylic acids is 1. The molecule has 0 spiro atoms. The van der Waals surface area contributed by atoms with E-state index in [0.717, 1.165) is 5.56 Å². The van der Waals surface area contributed by atoms with Crippen molar-refractivity contribution in [3.63, 3.8) is 0 Å². The van der Waals surface area contributed by atoms with Gasteiger partial charge in [-0.05, 0) is 36.8 Å². The molecular formula is C14H13ClN2O2. The number of carbonyl (C=O) groups is 1. The highest BCUT2D eigenvalue weighted by atomic mass is 35.5. The molecule has 1 aromatic carbocycles. The molecule has 0 aliphatic heterocycles. The minimum absolute atomic E-state index is 0.153. The van der Waals surface area contributed by atoms with Crippen molar-refractivity contribution in [2.75, 3.05) is 5.32 Å². The summed E-state index contributed by atoms with van der Waals surface area (Å²) in [6.45, 7) is 1.86. The Morgan fingerprint density at radius 1 is 1.26 bits per heavy atom. The fourth-order valence-corrected chi connectivity index (χ4v) is 1.92. The number of rotatable bonds is 2. The van der Waals surface area contributed by atoms with E-state index >= 15 is 0 Å². The van der Waals surface area contributed by atoms with Crippen molar-refractivity contribution in [2.24, 2.45) is 7.05 Å². The molecule has 19 heavy (non-hydrogen) atoms. The second-order valence-corrected chi connectivity index (χ2v) is 4.72. The molecule has 2 rings (SSSR count). The van der Waals surface area contributed by atoms with Crippen LogP contribution in [0.15, 0.2) is 41.3 Å². The van der Waals surface area contributed by atoms with Crippen LogP contribution >= 0.6 is 11.6 Å². The summed E-state index contributed by atoms with van der Waals surface area (Å²) in [5.74, 6) is -0.263. The van der Waals surface area contributed by atoms with Gasteiger partial charge in [0, 0.05) is 30.0 Å². The van der Waals surface area contributed by atoms with Gasteiger partial charge in [0.1, 0.15) is 0 Å². The molecule has 5 heteroatoms. The summed E-state index contributed by atoms with van der Waals surface area (Å²) in [7, 11) is 1.60. The monoisotopic (exact) mass is 276 g/mol. The molecular weight excluding hydrogens is 264 g/mol. The molecule has 1 amide bonds. The number of aromatic nitrogens is 1. The van der Waals surface area contributed by atoms with Crippen molar-refractivity contribution in [3.8, 4) is 0 Å². The number of aryl methyl sites for hydroxylation is 2. The van der Waals surface area contributed by atoms with Crippen LogP contribution in [0.2, 0.25) is 5.02 Å². The normalized spacial score (nSPS) is 10.3. The maximum atomic E-state index is 12.1. The lowest BCUT2D eigenvalue weighted by atomic mass is 10.2. The van der Waals surface area contributed by atoms with E-state index in [1.165, 1.54) is 22.9 Å². The first-order valence-electron chi connectivity index (χ1n) is 5.71. The van der Waals surface area contributed by atoms with Crippen LogP contribution in [0.3, 0.4) is 0 Å². The largest absolute Gasteiger partial charge is 0.322 e. The fourth-order valence-electron chi connectivity index (χ4n) is 1.69. The predicted molar refractivity (Wildman–Crippen MR) is 75.8 cm³/mol. The summed E-state index contributed by atoms with van der Waals surface area (Å²) < 4.78 is 1.36. The zero-order valence-electron chi connectivity index (χ0n) is 10.6. The smallest absolute Gasteiger partial charge is 0.257 e. The van der Waals surface area contributed by atoms with E-state index in [1.807, 2.05) is 6.92 Å². The predicted octanol–water partition coefficient (Wildman–Crippen LogP) is 2.60. The summed E-state index contributed by atoms with van der Waals surface area (Å²) in [6, 6.07) is 8.10. The van der Waals surface area contributed by atoms with E-state index in [-0.39, 0.29) is 11.5 Å². The number of amides is 1. The van der Waals surface area contributed by atoms with Gasteiger partial charge >= 0.3 is 0 Å². The van der Waals surface area contributed by atoms with Crippen LogP contribution in [-0.2, 0) is 7.05 Å². The Bertz CT molecular complexity index is 692. The van der Waals surface area contributed by atoms with Gasteiger partial charge in [-0.25, -0.2) is 0 Å². The van der Waals surface area contributed by atoms with E-state index < -0.39 is 0 Å². The van der Waals surface area contributed by atoms with Gasteiger partial charge in [0.15, 0.2) is 0 Å². The summed E-state index contributed by atoms with van der Waals surface area (Å²) >= 11 is 5.86. The van der Waals surface area contributed by atoms with Crippen LogP contribution in [0.1, 0.15) is 15.9 Å². The summed E-state index contributed by atoms with van der Waals surface area (Å²) in [5.41, 5.74) is 1.85. The minimum atomic E-state index is -0.263. The summed E-state index contributed by atoms with van der Waals surface area (Å²) in [4.78, 5) is 23.3. The van der Waals surface area contributed by atoms with Crippen LogP contribution < -0.4 is 10.9 Å². The number of hydrogen-bond acceptors (Lipinski definition) is 2. The molecule has 1 heterocycles. The van der Waals surface area contributed by atoms with Crippen LogP contribution in [-0.4, -0.2) is 10.5 Å². The van der Waals surface area contributed by atoms with Crippen molar-refractivity contribution in [1.82, 2.24) is 4.57 Å². The van der Waals surface area contributed by atoms with Crippen molar-refractivity contribution >= 4 is 23.2 Å². The van der Waals surface area contributed by atoms with E-state index in [4.69, 9.17) is 11.6 Å².